The molecular weight excluding hydrogens is 495 g/mol. The second-order valence-corrected chi connectivity index (χ2v) is 9.49. The van der Waals surface area contributed by atoms with Crippen LogP contribution in [0.2, 0.25) is 0 Å². The Morgan fingerprint density at radius 1 is 1.22 bits per heavy atom. The Kier molecular flexibility index (Phi) is 14.2. The molecule has 0 spiro atoms. The summed E-state index contributed by atoms with van der Waals surface area (Å²) in [7, 11) is -3.12. The van der Waals surface area contributed by atoms with Gasteiger partial charge in [0.25, 0.3) is 0 Å². The zero-order chi connectivity index (χ0) is 19.4. The molecule has 1 aromatic rings. The number of benzene rings is 1. The fourth-order valence-corrected chi connectivity index (χ4v) is 4.21. The number of guanidine groups is 1. The topological polar surface area (TPSA) is 73.8 Å². The highest BCUT2D eigenvalue weighted by atomic mass is 127. The fourth-order valence-electron chi connectivity index (χ4n) is 2.35. The van der Waals surface area contributed by atoms with E-state index < -0.39 is 10.0 Å². The first-order chi connectivity index (χ1) is 12.4. The third kappa shape index (κ3) is 11.8. The van der Waals surface area contributed by atoms with Gasteiger partial charge in [-0.25, -0.2) is 12.7 Å². The van der Waals surface area contributed by atoms with Gasteiger partial charge in [-0.05, 0) is 25.5 Å². The maximum atomic E-state index is 11.6. The monoisotopic (exact) mass is 528 g/mol. The van der Waals surface area contributed by atoms with Crippen molar-refractivity contribution in [1.29, 1.82) is 0 Å². The zero-order valence-corrected chi connectivity index (χ0v) is 20.6. The number of aliphatic imine (C=N–C) groups is 1. The molecule has 0 saturated carbocycles. The molecular formula is C18H33IN4O2S2. The lowest BCUT2D eigenvalue weighted by molar-refractivity contribution is 0.424. The average molecular weight is 529 g/mol. The number of hydrogen-bond acceptors (Lipinski definition) is 4. The summed E-state index contributed by atoms with van der Waals surface area (Å²) in [5, 5.41) is 6.88. The molecule has 6 nitrogen and oxygen atoms in total. The van der Waals surface area contributed by atoms with Crippen LogP contribution >= 0.6 is 35.7 Å². The van der Waals surface area contributed by atoms with E-state index in [4.69, 9.17) is 0 Å². The molecule has 0 aliphatic heterocycles. The van der Waals surface area contributed by atoms with Gasteiger partial charge in [-0.2, -0.15) is 0 Å². The van der Waals surface area contributed by atoms with E-state index in [0.717, 1.165) is 18.9 Å². The number of nitrogens with one attached hydrogen (secondary N) is 2. The molecule has 0 radical (unpaired) electrons. The molecule has 0 aliphatic rings. The molecule has 1 unspecified atom stereocenters. The summed E-state index contributed by atoms with van der Waals surface area (Å²) >= 11 is 1.81. The molecule has 1 aromatic carbocycles. The largest absolute Gasteiger partial charge is 0.357 e. The van der Waals surface area contributed by atoms with Gasteiger partial charge in [0.2, 0.25) is 10.0 Å². The van der Waals surface area contributed by atoms with Gasteiger partial charge in [0.15, 0.2) is 5.96 Å². The fraction of sp³-hybridized carbons (Fsp3) is 0.611. The van der Waals surface area contributed by atoms with Crippen LogP contribution in [0.5, 0.6) is 0 Å². The van der Waals surface area contributed by atoms with Crippen molar-refractivity contribution in [3.63, 3.8) is 0 Å². The molecule has 0 aromatic heterocycles. The van der Waals surface area contributed by atoms with Gasteiger partial charge in [0, 0.05) is 36.3 Å². The first-order valence-electron chi connectivity index (χ1n) is 9.05. The summed E-state index contributed by atoms with van der Waals surface area (Å²) in [4.78, 5) is 5.88. The van der Waals surface area contributed by atoms with Crippen molar-refractivity contribution in [2.75, 3.05) is 39.0 Å². The average Bonchev–Trinajstić information content (AvgIpc) is 2.59. The Balaban J connectivity index is 0.00000676. The number of sulfonamides is 1. The molecule has 0 amide bonds. The normalized spacial score (nSPS) is 13.1. The van der Waals surface area contributed by atoms with Gasteiger partial charge in [0.05, 0.1) is 12.8 Å². The Morgan fingerprint density at radius 3 is 2.44 bits per heavy atom. The van der Waals surface area contributed by atoms with Gasteiger partial charge in [-0.3, -0.25) is 4.99 Å². The molecule has 0 fully saturated rings. The SMILES string of the molecule is CCNC(=NCC(C)Sc1ccccc1)NCCCN(CC)S(C)(=O)=O.I. The van der Waals surface area contributed by atoms with E-state index in [-0.39, 0.29) is 24.0 Å². The second kappa shape index (κ2) is 14.5. The zero-order valence-electron chi connectivity index (χ0n) is 16.6. The molecule has 27 heavy (non-hydrogen) atoms. The van der Waals surface area contributed by atoms with Crippen LogP contribution in [-0.2, 0) is 10.0 Å². The molecule has 0 saturated heterocycles. The number of hydrogen-bond donors (Lipinski definition) is 2. The van der Waals surface area contributed by atoms with Crippen LogP contribution in [0, 0.1) is 0 Å². The molecule has 9 heteroatoms. The Bertz CT molecular complexity index is 642. The van der Waals surface area contributed by atoms with Gasteiger partial charge in [0.1, 0.15) is 0 Å². The van der Waals surface area contributed by atoms with E-state index in [1.165, 1.54) is 15.5 Å². The lowest BCUT2D eigenvalue weighted by Gasteiger charge is -2.18. The van der Waals surface area contributed by atoms with E-state index in [1.807, 2.05) is 32.0 Å². The van der Waals surface area contributed by atoms with Crippen molar-refractivity contribution < 1.29 is 8.42 Å². The maximum Gasteiger partial charge on any atom is 0.211 e. The van der Waals surface area contributed by atoms with Gasteiger partial charge < -0.3 is 10.6 Å². The molecule has 0 heterocycles. The summed E-state index contributed by atoms with van der Waals surface area (Å²) in [5.74, 6) is 0.774. The van der Waals surface area contributed by atoms with Crippen LogP contribution in [0.1, 0.15) is 27.2 Å². The van der Waals surface area contributed by atoms with E-state index in [2.05, 4.69) is 34.7 Å². The van der Waals surface area contributed by atoms with Crippen molar-refractivity contribution in [3.8, 4) is 0 Å². The summed E-state index contributed by atoms with van der Waals surface area (Å²) in [6, 6.07) is 10.3. The van der Waals surface area contributed by atoms with Crippen molar-refractivity contribution in [3.05, 3.63) is 30.3 Å². The van der Waals surface area contributed by atoms with Crippen molar-refractivity contribution in [2.24, 2.45) is 4.99 Å². The van der Waals surface area contributed by atoms with Crippen molar-refractivity contribution >= 4 is 51.7 Å². The van der Waals surface area contributed by atoms with Crippen LogP contribution in [0.4, 0.5) is 0 Å². The van der Waals surface area contributed by atoms with E-state index in [1.54, 1.807) is 11.8 Å². The van der Waals surface area contributed by atoms with Crippen molar-refractivity contribution in [2.45, 2.75) is 37.3 Å². The maximum absolute atomic E-state index is 11.6. The Hall–Kier alpha value is -0.520. The minimum absolute atomic E-state index is 0. The van der Waals surface area contributed by atoms with E-state index in [9.17, 15) is 8.42 Å². The Morgan fingerprint density at radius 2 is 1.89 bits per heavy atom. The van der Waals surface area contributed by atoms with Gasteiger partial charge in [-0.1, -0.05) is 32.0 Å². The van der Waals surface area contributed by atoms with Crippen LogP contribution in [0.3, 0.4) is 0 Å². The summed E-state index contributed by atoms with van der Waals surface area (Å²) in [6.45, 7) is 9.24. The highest BCUT2D eigenvalue weighted by Gasteiger charge is 2.13. The highest BCUT2D eigenvalue weighted by Crippen LogP contribution is 2.22. The predicted octanol–water partition coefficient (Wildman–Crippen LogP) is 3.01. The third-order valence-corrected chi connectivity index (χ3v) is 6.10. The van der Waals surface area contributed by atoms with E-state index in [0.29, 0.717) is 31.4 Å². The smallest absolute Gasteiger partial charge is 0.211 e. The second-order valence-electron chi connectivity index (χ2n) is 6.00. The van der Waals surface area contributed by atoms with Crippen molar-refractivity contribution in [1.82, 2.24) is 14.9 Å². The highest BCUT2D eigenvalue weighted by molar-refractivity contribution is 14.0. The third-order valence-electron chi connectivity index (χ3n) is 3.63. The first-order valence-corrected chi connectivity index (χ1v) is 11.8. The van der Waals surface area contributed by atoms with Gasteiger partial charge in [-0.15, -0.1) is 35.7 Å². The minimum atomic E-state index is -3.12. The predicted molar refractivity (Wildman–Crippen MR) is 128 cm³/mol. The van der Waals surface area contributed by atoms with Crippen LogP contribution < -0.4 is 10.6 Å². The Labute approximate surface area is 186 Å². The minimum Gasteiger partial charge on any atom is -0.357 e. The lowest BCUT2D eigenvalue weighted by Crippen LogP contribution is -2.39. The molecule has 1 atom stereocenters. The quantitative estimate of drug-likeness (QED) is 0.152. The molecule has 0 bridgehead atoms. The standard InChI is InChI=1S/C18H32N4O2S2.HI/c1-5-19-18(20-13-10-14-22(6-2)26(4,23)24)21-15-16(3)25-17-11-8-7-9-12-17;/h7-9,11-12,16H,5-6,10,13-15H2,1-4H3,(H2,19,20,21);1H. The number of halogens is 1. The summed E-state index contributed by atoms with van der Waals surface area (Å²) in [5.41, 5.74) is 0. The first kappa shape index (κ1) is 26.5. The molecule has 156 valence electrons. The number of nitrogens with zero attached hydrogens (tertiary/aromatic N) is 2. The van der Waals surface area contributed by atoms with Crippen LogP contribution in [-0.4, -0.2) is 62.9 Å². The molecule has 1 rings (SSSR count). The molecule has 2 N–H and O–H groups in total. The van der Waals surface area contributed by atoms with Gasteiger partial charge >= 0.3 is 0 Å². The summed E-state index contributed by atoms with van der Waals surface area (Å²) in [6.07, 6.45) is 1.99. The van der Waals surface area contributed by atoms with E-state index >= 15 is 0 Å². The van der Waals surface area contributed by atoms with Crippen LogP contribution in [0.25, 0.3) is 0 Å². The molecule has 0 aliphatic carbocycles. The summed E-state index contributed by atoms with van der Waals surface area (Å²) < 4.78 is 24.7. The lowest BCUT2D eigenvalue weighted by atomic mass is 10.4. The number of thioether (sulfide) groups is 1. The number of rotatable bonds is 11. The van der Waals surface area contributed by atoms with Crippen LogP contribution in [0.15, 0.2) is 40.2 Å².